The number of pyridine rings is 1. The van der Waals surface area contributed by atoms with Gasteiger partial charge in [-0.05, 0) is 30.3 Å². The van der Waals surface area contributed by atoms with Gasteiger partial charge in [0.25, 0.3) is 11.2 Å². The number of hydrogen-bond donors (Lipinski definition) is 0. The zero-order valence-corrected chi connectivity index (χ0v) is 14.0. The van der Waals surface area contributed by atoms with E-state index < -0.39 is 0 Å². The van der Waals surface area contributed by atoms with Crippen LogP contribution in [-0.2, 0) is 0 Å². The molecule has 24 heavy (non-hydrogen) atoms. The molecule has 0 N–H and O–H groups in total. The van der Waals surface area contributed by atoms with E-state index in [1.54, 1.807) is 21.3 Å². The molecule has 0 atom stereocenters. The van der Waals surface area contributed by atoms with Gasteiger partial charge in [-0.2, -0.15) is 0 Å². The van der Waals surface area contributed by atoms with Crippen molar-refractivity contribution in [3.8, 4) is 11.5 Å². The fourth-order valence-electron chi connectivity index (χ4n) is 2.65. The minimum absolute atomic E-state index is 0.760. The summed E-state index contributed by atoms with van der Waals surface area (Å²) in [6.07, 6.45) is 4.00. The Hall–Kier alpha value is -3.01. The van der Waals surface area contributed by atoms with Crippen molar-refractivity contribution in [1.82, 2.24) is 0 Å². The summed E-state index contributed by atoms with van der Waals surface area (Å²) in [5.41, 5.74) is 2.92. The molecule has 0 aliphatic rings. The summed E-state index contributed by atoms with van der Waals surface area (Å²) in [6, 6.07) is 17.9. The molecule has 4 nitrogen and oxygen atoms in total. The van der Waals surface area contributed by atoms with Crippen LogP contribution in [0.15, 0.2) is 54.6 Å². The maximum absolute atomic E-state index is 5.55. The van der Waals surface area contributed by atoms with Crippen LogP contribution < -0.4 is 19.0 Å². The third kappa shape index (κ3) is 3.04. The Labute approximate surface area is 141 Å². The number of aromatic nitrogens is 1. The first-order valence-corrected chi connectivity index (χ1v) is 7.65. The molecule has 3 rings (SSSR count). The first-order valence-electron chi connectivity index (χ1n) is 7.65. The van der Waals surface area contributed by atoms with Crippen LogP contribution >= 0.6 is 0 Å². The van der Waals surface area contributed by atoms with Gasteiger partial charge in [-0.15, -0.1) is 0 Å². The first-order chi connectivity index (χ1) is 11.8. The monoisotopic (exact) mass is 322 g/mol. The number of rotatable bonds is 5. The lowest BCUT2D eigenvalue weighted by Crippen LogP contribution is -2.44. The van der Waals surface area contributed by atoms with Crippen LogP contribution in [0.1, 0.15) is 11.3 Å². The topological polar surface area (TPSA) is 31.6 Å². The lowest BCUT2D eigenvalue weighted by molar-refractivity contribution is -0.866. The molecule has 2 aromatic carbocycles. The summed E-state index contributed by atoms with van der Waals surface area (Å²) in [7, 11) is 4.95. The number of benzene rings is 2. The van der Waals surface area contributed by atoms with Gasteiger partial charge in [-0.25, -0.2) is 0 Å². The maximum atomic E-state index is 5.55. The quantitative estimate of drug-likeness (QED) is 0.675. The van der Waals surface area contributed by atoms with E-state index in [4.69, 9.17) is 14.3 Å². The number of nitrogens with zero attached hydrogens (tertiary/aromatic N) is 1. The molecule has 0 unspecified atom stereocenters. The fraction of sp³-hybridized carbons (Fsp3) is 0.150. The average Bonchev–Trinajstić information content (AvgIpc) is 2.65. The second-order valence-electron chi connectivity index (χ2n) is 5.24. The largest absolute Gasteiger partial charge is 0.497 e. The van der Waals surface area contributed by atoms with Gasteiger partial charge in [0.15, 0.2) is 0 Å². The Balaban J connectivity index is 2.02. The molecule has 1 heterocycles. The Morgan fingerprint density at radius 2 is 1.67 bits per heavy atom. The second-order valence-corrected chi connectivity index (χ2v) is 5.24. The lowest BCUT2D eigenvalue weighted by Gasteiger charge is -2.07. The van der Waals surface area contributed by atoms with Crippen LogP contribution in [0.5, 0.6) is 11.5 Å². The summed E-state index contributed by atoms with van der Waals surface area (Å²) in [4.78, 5) is 5.55. The highest BCUT2D eigenvalue weighted by molar-refractivity contribution is 5.77. The van der Waals surface area contributed by atoms with Gasteiger partial charge >= 0.3 is 0 Å². The molecule has 0 aliphatic heterocycles. The maximum Gasteiger partial charge on any atom is 0.265 e. The van der Waals surface area contributed by atoms with Gasteiger partial charge in [-0.1, -0.05) is 12.1 Å². The summed E-state index contributed by atoms with van der Waals surface area (Å²) < 4.78 is 12.5. The number of fused-ring (bicyclic) bond motifs is 1. The first kappa shape index (κ1) is 15.9. The van der Waals surface area contributed by atoms with E-state index >= 15 is 0 Å². The predicted octanol–water partition coefficient (Wildman–Crippen LogP) is 3.37. The molecule has 0 radical (unpaired) electrons. The average molecular weight is 322 g/mol. The Morgan fingerprint density at radius 1 is 0.833 bits per heavy atom. The molecular formula is C20H20NO3+. The fourth-order valence-corrected chi connectivity index (χ4v) is 2.65. The predicted molar refractivity (Wildman–Crippen MR) is 95.1 cm³/mol. The summed E-state index contributed by atoms with van der Waals surface area (Å²) in [6.45, 7) is 0. The number of hydrogen-bond acceptors (Lipinski definition) is 3. The minimum atomic E-state index is 0.760. The number of methoxy groups -OCH3 is 2. The van der Waals surface area contributed by atoms with Gasteiger partial charge in [0.1, 0.15) is 18.6 Å². The normalized spacial score (nSPS) is 11.0. The van der Waals surface area contributed by atoms with Crippen molar-refractivity contribution in [3.05, 3.63) is 65.9 Å². The van der Waals surface area contributed by atoms with Crippen molar-refractivity contribution in [2.75, 3.05) is 21.3 Å². The van der Waals surface area contributed by atoms with Crippen molar-refractivity contribution in [2.24, 2.45) is 0 Å². The minimum Gasteiger partial charge on any atom is -0.497 e. The molecule has 1 aromatic heterocycles. The molecule has 3 aromatic rings. The third-order valence-corrected chi connectivity index (χ3v) is 3.88. The van der Waals surface area contributed by atoms with Crippen LogP contribution in [0.3, 0.4) is 0 Å². The van der Waals surface area contributed by atoms with Crippen LogP contribution in [0, 0.1) is 0 Å². The van der Waals surface area contributed by atoms with Crippen LogP contribution in [0.2, 0.25) is 0 Å². The highest BCUT2D eigenvalue weighted by atomic mass is 16.6. The molecule has 0 saturated heterocycles. The van der Waals surface area contributed by atoms with E-state index in [0.29, 0.717) is 0 Å². The number of para-hydroxylation sites is 1. The lowest BCUT2D eigenvalue weighted by atomic mass is 10.1. The second kappa shape index (κ2) is 7.04. The molecular weight excluding hydrogens is 302 g/mol. The molecule has 122 valence electrons. The molecule has 0 saturated carbocycles. The van der Waals surface area contributed by atoms with Crippen LogP contribution in [-0.4, -0.2) is 21.3 Å². The smallest absolute Gasteiger partial charge is 0.265 e. The summed E-state index contributed by atoms with van der Waals surface area (Å²) in [5.74, 6) is 1.53. The molecule has 0 bridgehead atoms. The van der Waals surface area contributed by atoms with Crippen molar-refractivity contribution in [1.29, 1.82) is 0 Å². The third-order valence-electron chi connectivity index (χ3n) is 3.88. The van der Waals surface area contributed by atoms with E-state index in [1.807, 2.05) is 59.3 Å². The summed E-state index contributed by atoms with van der Waals surface area (Å²) >= 11 is 0. The van der Waals surface area contributed by atoms with Crippen LogP contribution in [0.4, 0.5) is 0 Å². The van der Waals surface area contributed by atoms with E-state index in [9.17, 15) is 0 Å². The SMILES string of the molecule is COc1ccc(C=Cc2ccc3ccccc3[n+]2OC)c(OC)c1. The molecule has 4 heteroatoms. The van der Waals surface area contributed by atoms with Gasteiger partial charge in [0.2, 0.25) is 0 Å². The number of ether oxygens (including phenoxy) is 2. The molecule has 0 spiro atoms. The van der Waals surface area contributed by atoms with Crippen molar-refractivity contribution in [3.63, 3.8) is 0 Å². The van der Waals surface area contributed by atoms with Gasteiger partial charge < -0.3 is 9.47 Å². The van der Waals surface area contributed by atoms with Crippen molar-refractivity contribution < 1.29 is 19.0 Å². The Kier molecular flexibility index (Phi) is 4.66. The standard InChI is InChI=1S/C20H20NO3/c1-22-18-13-10-16(20(14-18)23-2)9-12-17-11-8-15-6-4-5-7-19(15)21(17)24-3/h4-14H,1-3H3/q+1. The Morgan fingerprint density at radius 3 is 2.42 bits per heavy atom. The van der Waals surface area contributed by atoms with Crippen molar-refractivity contribution in [2.45, 2.75) is 0 Å². The highest BCUT2D eigenvalue weighted by Crippen LogP contribution is 2.26. The van der Waals surface area contributed by atoms with E-state index in [2.05, 4.69) is 12.1 Å². The zero-order valence-electron chi connectivity index (χ0n) is 14.0. The summed E-state index contributed by atoms with van der Waals surface area (Å²) in [5, 5.41) is 1.12. The van der Waals surface area contributed by atoms with Gasteiger partial charge in [0, 0.05) is 34.6 Å². The highest BCUT2D eigenvalue weighted by Gasteiger charge is 2.14. The van der Waals surface area contributed by atoms with E-state index in [1.165, 1.54) is 0 Å². The van der Waals surface area contributed by atoms with E-state index in [-0.39, 0.29) is 0 Å². The van der Waals surface area contributed by atoms with Crippen molar-refractivity contribution >= 4 is 23.1 Å². The van der Waals surface area contributed by atoms with E-state index in [0.717, 1.165) is 33.7 Å². The van der Waals surface area contributed by atoms with Gasteiger partial charge in [0.05, 0.1) is 19.6 Å². The van der Waals surface area contributed by atoms with Crippen LogP contribution in [0.25, 0.3) is 23.1 Å². The molecule has 0 fully saturated rings. The molecule has 0 aliphatic carbocycles. The van der Waals surface area contributed by atoms with Gasteiger partial charge in [-0.3, -0.25) is 4.84 Å². The molecule has 0 amide bonds. The zero-order chi connectivity index (χ0) is 16.9. The Bertz CT molecular complexity index is 887.